The molecule has 2 aliphatic heterocycles. The molecule has 0 unspecified atom stereocenters. The molecule has 34 heavy (non-hydrogen) atoms. The zero-order valence-electron chi connectivity index (χ0n) is 18.5. The Kier molecular flexibility index (Phi) is 6.43. The Morgan fingerprint density at radius 2 is 1.97 bits per heavy atom. The average Bonchev–Trinajstić information content (AvgIpc) is 3.41. The Bertz CT molecular complexity index is 1220. The van der Waals surface area contributed by atoms with Gasteiger partial charge in [-0.15, -0.1) is 0 Å². The molecule has 0 bridgehead atoms. The largest absolute Gasteiger partial charge is 0.327 e. The van der Waals surface area contributed by atoms with Gasteiger partial charge in [-0.2, -0.15) is 10.4 Å². The van der Waals surface area contributed by atoms with Gasteiger partial charge in [-0.25, -0.2) is 17.9 Å². The van der Waals surface area contributed by atoms with E-state index in [0.717, 1.165) is 12.5 Å². The van der Waals surface area contributed by atoms with Crippen LogP contribution in [-0.2, 0) is 22.6 Å². The standard InChI is InChI=1S/C23H23F3N6O2/c1-13-5-21-31(22(33)8-16(28)6-14-7-19(25)20(26)9-18(14)24)11-15(12-32(21)29-13)23(34)30-4-2-3-17(30)10-27/h5,7,9,11,16-17H,2-4,6,8,12,28H2,1H3/t16-,17+/m1/s1. The number of nitrogens with zero attached hydrogens (tertiary/aromatic N) is 5. The smallest absolute Gasteiger partial charge is 0.254 e. The predicted molar refractivity (Wildman–Crippen MR) is 115 cm³/mol. The molecule has 1 aromatic carbocycles. The number of fused-ring (bicyclic) bond motifs is 1. The molecule has 1 saturated heterocycles. The molecule has 2 amide bonds. The molecule has 1 fully saturated rings. The fourth-order valence-corrected chi connectivity index (χ4v) is 4.31. The van der Waals surface area contributed by atoms with Gasteiger partial charge in [0, 0.05) is 37.3 Å². The third-order valence-electron chi connectivity index (χ3n) is 5.95. The van der Waals surface area contributed by atoms with Gasteiger partial charge in [-0.3, -0.25) is 14.5 Å². The summed E-state index contributed by atoms with van der Waals surface area (Å²) in [6, 6.07) is 3.58. The van der Waals surface area contributed by atoms with Crippen LogP contribution in [0.1, 0.15) is 30.5 Å². The van der Waals surface area contributed by atoms with Crippen molar-refractivity contribution >= 4 is 17.6 Å². The zero-order valence-corrected chi connectivity index (χ0v) is 18.5. The van der Waals surface area contributed by atoms with Crippen molar-refractivity contribution in [3.05, 3.63) is 58.7 Å². The molecular formula is C23H23F3N6O2. The van der Waals surface area contributed by atoms with Crippen molar-refractivity contribution in [3.63, 3.8) is 0 Å². The van der Waals surface area contributed by atoms with E-state index in [1.54, 1.807) is 13.0 Å². The van der Waals surface area contributed by atoms with Crippen molar-refractivity contribution in [1.82, 2.24) is 14.7 Å². The van der Waals surface area contributed by atoms with Gasteiger partial charge in [0.15, 0.2) is 11.6 Å². The lowest BCUT2D eigenvalue weighted by Gasteiger charge is -2.29. The molecule has 0 aliphatic carbocycles. The minimum atomic E-state index is -1.30. The summed E-state index contributed by atoms with van der Waals surface area (Å²) in [7, 11) is 0. The average molecular weight is 472 g/mol. The normalized spacial score (nSPS) is 18.4. The van der Waals surface area contributed by atoms with Crippen molar-refractivity contribution in [2.75, 3.05) is 11.4 Å². The molecule has 2 aromatic rings. The van der Waals surface area contributed by atoms with Crippen LogP contribution in [0, 0.1) is 35.7 Å². The van der Waals surface area contributed by atoms with Gasteiger partial charge in [-0.1, -0.05) is 0 Å². The summed E-state index contributed by atoms with van der Waals surface area (Å²) < 4.78 is 42.2. The second kappa shape index (κ2) is 9.30. The van der Waals surface area contributed by atoms with E-state index in [-0.39, 0.29) is 30.9 Å². The summed E-state index contributed by atoms with van der Waals surface area (Å²) in [6.07, 6.45) is 2.32. The van der Waals surface area contributed by atoms with E-state index in [2.05, 4.69) is 11.2 Å². The van der Waals surface area contributed by atoms with E-state index in [4.69, 9.17) is 5.73 Å². The fourth-order valence-electron chi connectivity index (χ4n) is 4.31. The monoisotopic (exact) mass is 472 g/mol. The molecule has 2 aliphatic rings. The maximum absolute atomic E-state index is 14.0. The number of halogens is 3. The van der Waals surface area contributed by atoms with Gasteiger partial charge < -0.3 is 10.6 Å². The molecule has 3 heterocycles. The number of likely N-dealkylation sites (tertiary alicyclic amines) is 1. The number of benzene rings is 1. The van der Waals surface area contributed by atoms with Crippen LogP contribution in [0.25, 0.3) is 0 Å². The summed E-state index contributed by atoms with van der Waals surface area (Å²) in [5, 5.41) is 13.7. The SMILES string of the molecule is Cc1cc2n(n1)CC(C(=O)N1CCC[C@H]1C#N)=CN2C(=O)C[C@H](N)Cc1cc(F)c(F)cc1F. The molecule has 11 heteroatoms. The highest BCUT2D eigenvalue weighted by molar-refractivity contribution is 6.00. The first kappa shape index (κ1) is 23.5. The number of rotatable bonds is 5. The minimum Gasteiger partial charge on any atom is -0.327 e. The first-order chi connectivity index (χ1) is 16.2. The lowest BCUT2D eigenvalue weighted by atomic mass is 10.0. The molecule has 2 N–H and O–H groups in total. The number of anilines is 1. The molecular weight excluding hydrogens is 449 g/mol. The third kappa shape index (κ3) is 4.54. The molecule has 0 saturated carbocycles. The number of amides is 2. The molecule has 4 rings (SSSR count). The van der Waals surface area contributed by atoms with E-state index in [0.29, 0.717) is 36.1 Å². The van der Waals surface area contributed by atoms with Gasteiger partial charge in [0.25, 0.3) is 5.91 Å². The van der Waals surface area contributed by atoms with E-state index in [1.165, 1.54) is 20.7 Å². The lowest BCUT2D eigenvalue weighted by Crippen LogP contribution is -2.41. The van der Waals surface area contributed by atoms with E-state index in [9.17, 15) is 28.0 Å². The van der Waals surface area contributed by atoms with Gasteiger partial charge in [0.2, 0.25) is 5.91 Å². The van der Waals surface area contributed by atoms with Crippen LogP contribution >= 0.6 is 0 Å². The summed E-state index contributed by atoms with van der Waals surface area (Å²) in [4.78, 5) is 29.0. The Morgan fingerprint density at radius 3 is 2.71 bits per heavy atom. The van der Waals surface area contributed by atoms with Crippen molar-refractivity contribution in [2.45, 2.75) is 51.2 Å². The zero-order chi connectivity index (χ0) is 24.6. The van der Waals surface area contributed by atoms with Crippen LogP contribution in [0.2, 0.25) is 0 Å². The summed E-state index contributed by atoms with van der Waals surface area (Å²) in [5.74, 6) is -3.81. The van der Waals surface area contributed by atoms with Gasteiger partial charge in [0.05, 0.1) is 23.9 Å². The summed E-state index contributed by atoms with van der Waals surface area (Å²) in [6.45, 7) is 2.35. The van der Waals surface area contributed by atoms with Crippen LogP contribution in [0.5, 0.6) is 0 Å². The van der Waals surface area contributed by atoms with E-state index < -0.39 is 35.4 Å². The first-order valence-electron chi connectivity index (χ1n) is 10.8. The van der Waals surface area contributed by atoms with Gasteiger partial charge >= 0.3 is 0 Å². The minimum absolute atomic E-state index is 0.137. The highest BCUT2D eigenvalue weighted by Gasteiger charge is 2.34. The van der Waals surface area contributed by atoms with Crippen molar-refractivity contribution in [1.29, 1.82) is 5.26 Å². The predicted octanol–water partition coefficient (Wildman–Crippen LogP) is 2.31. The lowest BCUT2D eigenvalue weighted by molar-refractivity contribution is -0.127. The van der Waals surface area contributed by atoms with E-state index >= 15 is 0 Å². The number of carbonyl (C=O) groups is 2. The molecule has 1 aromatic heterocycles. The maximum Gasteiger partial charge on any atom is 0.254 e. The fraction of sp³-hybridized carbons (Fsp3) is 0.391. The summed E-state index contributed by atoms with van der Waals surface area (Å²) in [5.41, 5.74) is 6.84. The number of aryl methyl sites for hydroxylation is 1. The molecule has 8 nitrogen and oxygen atoms in total. The second-order valence-corrected chi connectivity index (χ2v) is 8.53. The van der Waals surface area contributed by atoms with Crippen LogP contribution in [0.3, 0.4) is 0 Å². The topological polar surface area (TPSA) is 108 Å². The molecule has 0 radical (unpaired) electrons. The number of nitriles is 1. The first-order valence-corrected chi connectivity index (χ1v) is 10.8. The maximum atomic E-state index is 14.0. The highest BCUT2D eigenvalue weighted by atomic mass is 19.2. The van der Waals surface area contributed by atoms with Crippen LogP contribution in [0.15, 0.2) is 30.0 Å². The Balaban J connectivity index is 1.54. The van der Waals surface area contributed by atoms with Gasteiger partial charge in [0.1, 0.15) is 17.7 Å². The number of hydrogen-bond acceptors (Lipinski definition) is 5. The number of nitrogens with two attached hydrogens (primary N) is 1. The summed E-state index contributed by atoms with van der Waals surface area (Å²) >= 11 is 0. The number of aromatic nitrogens is 2. The van der Waals surface area contributed by atoms with Crippen molar-refractivity contribution in [3.8, 4) is 6.07 Å². The Labute approximate surface area is 194 Å². The quantitative estimate of drug-likeness (QED) is 0.672. The van der Waals surface area contributed by atoms with Crippen molar-refractivity contribution in [2.24, 2.45) is 5.73 Å². The number of hydrogen-bond donors (Lipinski definition) is 1. The highest BCUT2D eigenvalue weighted by Crippen LogP contribution is 2.28. The third-order valence-corrected chi connectivity index (χ3v) is 5.95. The molecule has 2 atom stereocenters. The number of carbonyl (C=O) groups excluding carboxylic acids is 2. The Hall–Kier alpha value is -3.65. The van der Waals surface area contributed by atoms with Crippen LogP contribution < -0.4 is 10.6 Å². The van der Waals surface area contributed by atoms with E-state index in [1.807, 2.05) is 0 Å². The molecule has 178 valence electrons. The van der Waals surface area contributed by atoms with Gasteiger partial charge in [-0.05, 0) is 37.8 Å². The van der Waals surface area contributed by atoms with Crippen molar-refractivity contribution < 1.29 is 22.8 Å². The molecule has 0 spiro atoms. The second-order valence-electron chi connectivity index (χ2n) is 8.53. The van der Waals surface area contributed by atoms with Crippen LogP contribution in [-0.4, -0.2) is 45.1 Å². The van der Waals surface area contributed by atoms with Crippen LogP contribution in [0.4, 0.5) is 19.0 Å². The Morgan fingerprint density at radius 1 is 1.24 bits per heavy atom.